The van der Waals surface area contributed by atoms with Crippen molar-refractivity contribution in [3.63, 3.8) is 0 Å². The predicted octanol–water partition coefficient (Wildman–Crippen LogP) is 1.58. The number of nitrogens with zero attached hydrogens (tertiary/aromatic N) is 2. The summed E-state index contributed by atoms with van der Waals surface area (Å²) in [5.74, 6) is 0.814. The Morgan fingerprint density at radius 1 is 1.20 bits per heavy atom. The zero-order valence-corrected chi connectivity index (χ0v) is 13.3. The van der Waals surface area contributed by atoms with E-state index in [9.17, 15) is 5.11 Å². The zero-order valence-electron chi connectivity index (χ0n) is 13.3. The SMILES string of the molecule is CC(O)CN1CCC(CN(C)CC2CCCCO2)CC1. The maximum Gasteiger partial charge on any atom is 0.0701 e. The Morgan fingerprint density at radius 2 is 1.95 bits per heavy atom. The molecule has 0 bridgehead atoms. The molecule has 118 valence electrons. The molecule has 4 heteroatoms. The van der Waals surface area contributed by atoms with Crippen LogP contribution < -0.4 is 0 Å². The normalized spacial score (nSPS) is 27.9. The number of ether oxygens (including phenoxy) is 1. The zero-order chi connectivity index (χ0) is 14.4. The van der Waals surface area contributed by atoms with Crippen molar-refractivity contribution in [3.05, 3.63) is 0 Å². The first-order valence-electron chi connectivity index (χ1n) is 8.34. The van der Waals surface area contributed by atoms with E-state index in [-0.39, 0.29) is 6.10 Å². The molecule has 0 aromatic rings. The summed E-state index contributed by atoms with van der Waals surface area (Å²) in [6, 6.07) is 0. The van der Waals surface area contributed by atoms with E-state index in [4.69, 9.17) is 4.74 Å². The van der Waals surface area contributed by atoms with Crippen LogP contribution >= 0.6 is 0 Å². The largest absolute Gasteiger partial charge is 0.392 e. The van der Waals surface area contributed by atoms with Crippen molar-refractivity contribution in [1.29, 1.82) is 0 Å². The molecule has 2 saturated heterocycles. The Kier molecular flexibility index (Phi) is 6.75. The molecule has 0 saturated carbocycles. The lowest BCUT2D eigenvalue weighted by molar-refractivity contribution is -0.00536. The summed E-state index contributed by atoms with van der Waals surface area (Å²) in [4.78, 5) is 4.86. The van der Waals surface area contributed by atoms with E-state index in [0.29, 0.717) is 6.10 Å². The molecule has 2 heterocycles. The monoisotopic (exact) mass is 284 g/mol. The van der Waals surface area contributed by atoms with Crippen molar-refractivity contribution in [2.24, 2.45) is 5.92 Å². The molecule has 2 aliphatic rings. The number of hydrogen-bond acceptors (Lipinski definition) is 4. The minimum absolute atomic E-state index is 0.197. The van der Waals surface area contributed by atoms with Crippen molar-refractivity contribution in [1.82, 2.24) is 9.80 Å². The van der Waals surface area contributed by atoms with Gasteiger partial charge in [-0.25, -0.2) is 0 Å². The minimum Gasteiger partial charge on any atom is -0.392 e. The predicted molar refractivity (Wildman–Crippen MR) is 81.9 cm³/mol. The molecule has 2 atom stereocenters. The molecule has 2 aliphatic heterocycles. The van der Waals surface area contributed by atoms with Crippen LogP contribution in [0.25, 0.3) is 0 Å². The minimum atomic E-state index is -0.197. The summed E-state index contributed by atoms with van der Waals surface area (Å²) >= 11 is 0. The van der Waals surface area contributed by atoms with Gasteiger partial charge in [0.25, 0.3) is 0 Å². The molecule has 0 spiro atoms. The molecule has 20 heavy (non-hydrogen) atoms. The Morgan fingerprint density at radius 3 is 2.55 bits per heavy atom. The third-order valence-electron chi connectivity index (χ3n) is 4.59. The molecular weight excluding hydrogens is 252 g/mol. The fourth-order valence-corrected chi connectivity index (χ4v) is 3.54. The van der Waals surface area contributed by atoms with E-state index in [2.05, 4.69) is 16.8 Å². The van der Waals surface area contributed by atoms with E-state index in [1.165, 1.54) is 38.6 Å². The van der Waals surface area contributed by atoms with Crippen molar-refractivity contribution in [3.8, 4) is 0 Å². The van der Waals surface area contributed by atoms with Crippen LogP contribution in [-0.2, 0) is 4.74 Å². The molecule has 2 fully saturated rings. The highest BCUT2D eigenvalue weighted by Gasteiger charge is 2.22. The molecule has 1 N–H and O–H groups in total. The first-order valence-corrected chi connectivity index (χ1v) is 8.34. The number of likely N-dealkylation sites (N-methyl/N-ethyl adjacent to an activating group) is 1. The van der Waals surface area contributed by atoms with Crippen LogP contribution in [0.1, 0.15) is 39.0 Å². The number of aliphatic hydroxyl groups is 1. The fraction of sp³-hybridized carbons (Fsp3) is 1.00. The Bertz CT molecular complexity index is 259. The average Bonchev–Trinajstić information content (AvgIpc) is 2.41. The van der Waals surface area contributed by atoms with Gasteiger partial charge in [-0.1, -0.05) is 0 Å². The van der Waals surface area contributed by atoms with Gasteiger partial charge >= 0.3 is 0 Å². The van der Waals surface area contributed by atoms with Crippen LogP contribution in [0, 0.1) is 5.92 Å². The summed E-state index contributed by atoms with van der Waals surface area (Å²) in [6.07, 6.45) is 6.60. The van der Waals surface area contributed by atoms with Gasteiger partial charge in [0.1, 0.15) is 0 Å². The van der Waals surface area contributed by atoms with Gasteiger partial charge in [-0.3, -0.25) is 0 Å². The number of piperidine rings is 1. The van der Waals surface area contributed by atoms with E-state index in [1.54, 1.807) is 0 Å². The van der Waals surface area contributed by atoms with E-state index >= 15 is 0 Å². The van der Waals surface area contributed by atoms with Crippen molar-refractivity contribution >= 4 is 0 Å². The smallest absolute Gasteiger partial charge is 0.0701 e. The maximum absolute atomic E-state index is 9.43. The molecular formula is C16H32N2O2. The van der Waals surface area contributed by atoms with Gasteiger partial charge in [0.05, 0.1) is 12.2 Å². The maximum atomic E-state index is 9.43. The molecule has 0 aromatic heterocycles. The Labute approximate surface area is 124 Å². The number of rotatable bonds is 6. The van der Waals surface area contributed by atoms with Gasteiger partial charge in [0.15, 0.2) is 0 Å². The van der Waals surface area contributed by atoms with Crippen LogP contribution in [0.4, 0.5) is 0 Å². The lowest BCUT2D eigenvalue weighted by Gasteiger charge is -2.35. The standard InChI is InChI=1S/C16H32N2O2/c1-14(19)11-18-8-6-15(7-9-18)12-17(2)13-16-5-3-4-10-20-16/h14-16,19H,3-13H2,1-2H3. The van der Waals surface area contributed by atoms with E-state index < -0.39 is 0 Å². The summed E-state index contributed by atoms with van der Waals surface area (Å²) in [5.41, 5.74) is 0. The van der Waals surface area contributed by atoms with Crippen molar-refractivity contribution in [2.45, 2.75) is 51.2 Å². The van der Waals surface area contributed by atoms with Crippen molar-refractivity contribution < 1.29 is 9.84 Å². The van der Waals surface area contributed by atoms with Crippen LogP contribution in [0.3, 0.4) is 0 Å². The lowest BCUT2D eigenvalue weighted by atomic mass is 9.96. The van der Waals surface area contributed by atoms with Gasteiger partial charge in [0, 0.05) is 26.2 Å². The second-order valence-electron chi connectivity index (χ2n) is 6.80. The van der Waals surface area contributed by atoms with Gasteiger partial charge in [-0.05, 0) is 65.1 Å². The highest BCUT2D eigenvalue weighted by molar-refractivity contribution is 4.76. The lowest BCUT2D eigenvalue weighted by Crippen LogP contribution is -2.42. The van der Waals surface area contributed by atoms with Gasteiger partial charge in [-0.2, -0.15) is 0 Å². The number of hydrogen-bond donors (Lipinski definition) is 1. The van der Waals surface area contributed by atoms with E-state index in [0.717, 1.165) is 38.7 Å². The molecule has 0 aliphatic carbocycles. The topological polar surface area (TPSA) is 35.9 Å². The number of aliphatic hydroxyl groups excluding tert-OH is 1. The third kappa shape index (κ3) is 5.68. The summed E-state index contributed by atoms with van der Waals surface area (Å²) in [5, 5.41) is 9.43. The van der Waals surface area contributed by atoms with Crippen LogP contribution in [0.2, 0.25) is 0 Å². The van der Waals surface area contributed by atoms with Crippen LogP contribution in [-0.4, -0.2) is 73.5 Å². The quantitative estimate of drug-likeness (QED) is 0.803. The number of likely N-dealkylation sites (tertiary alicyclic amines) is 1. The number of β-amino-alcohol motifs (C(OH)–C–C–N with tert-alkyl or cyclic N) is 1. The highest BCUT2D eigenvalue weighted by Crippen LogP contribution is 2.19. The van der Waals surface area contributed by atoms with Crippen LogP contribution in [0.15, 0.2) is 0 Å². The Hall–Kier alpha value is -0.160. The highest BCUT2D eigenvalue weighted by atomic mass is 16.5. The molecule has 2 rings (SSSR count). The summed E-state index contributed by atoms with van der Waals surface area (Å²) < 4.78 is 5.82. The van der Waals surface area contributed by atoms with Crippen LogP contribution in [0.5, 0.6) is 0 Å². The fourth-order valence-electron chi connectivity index (χ4n) is 3.54. The Balaban J connectivity index is 1.61. The second kappa shape index (κ2) is 8.32. The van der Waals surface area contributed by atoms with E-state index in [1.807, 2.05) is 6.92 Å². The van der Waals surface area contributed by atoms with Gasteiger partial charge in [-0.15, -0.1) is 0 Å². The van der Waals surface area contributed by atoms with Crippen molar-refractivity contribution in [2.75, 3.05) is 46.4 Å². The molecule has 0 aromatic carbocycles. The second-order valence-corrected chi connectivity index (χ2v) is 6.80. The summed E-state index contributed by atoms with van der Waals surface area (Å²) in [7, 11) is 2.24. The van der Waals surface area contributed by atoms with Gasteiger partial charge in [0.2, 0.25) is 0 Å². The molecule has 0 amide bonds. The third-order valence-corrected chi connectivity index (χ3v) is 4.59. The first kappa shape index (κ1) is 16.2. The summed E-state index contributed by atoms with van der Waals surface area (Å²) in [6.45, 7) is 8.24. The molecule has 4 nitrogen and oxygen atoms in total. The first-order chi connectivity index (χ1) is 9.63. The molecule has 2 unspecified atom stereocenters. The van der Waals surface area contributed by atoms with Gasteiger partial charge < -0.3 is 19.6 Å². The average molecular weight is 284 g/mol. The molecule has 0 radical (unpaired) electrons.